The molecule has 3 rings (SSSR count). The molecule has 1 saturated carbocycles. The quantitative estimate of drug-likeness (QED) is 0.145. The SMILES string of the molecule is O=C(/C=C(\[O-])c1cc(F)c2c(F)c(F)c(F)c(F)c2c1F)C1(C(F)(F)F)C(F)(F)C(F)(F)C(F)(F)C1(F)F. The second kappa shape index (κ2) is 7.87. The van der Waals surface area contributed by atoms with Crippen LogP contribution in [0.25, 0.3) is 16.5 Å². The number of halogens is 17. The van der Waals surface area contributed by atoms with Crippen LogP contribution in [-0.4, -0.2) is 35.6 Å². The standard InChI is InChI=1S/C19H3F17O2/c20-4-1-3(9(21)8-7(4)10(22)12(24)13(25)11(8)23)5(37)2-6(38)14(19(34,35)36)15(26,27)17(30,31)18(32,33)16(14,28)29/h1-2,37H/p-1/b5-2-. The second-order valence-corrected chi connectivity index (χ2v) is 7.64. The summed E-state index contributed by atoms with van der Waals surface area (Å²) in [6, 6.07) is -0.682. The molecule has 38 heavy (non-hydrogen) atoms. The van der Waals surface area contributed by atoms with Gasteiger partial charge in [0.15, 0.2) is 29.1 Å². The summed E-state index contributed by atoms with van der Waals surface area (Å²) in [5.41, 5.74) is -9.71. The van der Waals surface area contributed by atoms with Gasteiger partial charge >= 0.3 is 29.9 Å². The van der Waals surface area contributed by atoms with Crippen LogP contribution < -0.4 is 5.11 Å². The molecular formula is C19H2F17O2-. The summed E-state index contributed by atoms with van der Waals surface area (Å²) in [7, 11) is 0. The van der Waals surface area contributed by atoms with Crippen LogP contribution in [0.4, 0.5) is 74.6 Å². The maximum Gasteiger partial charge on any atom is 0.414 e. The van der Waals surface area contributed by atoms with Crippen LogP contribution in [0.15, 0.2) is 12.1 Å². The Hall–Kier alpha value is -3.28. The fourth-order valence-corrected chi connectivity index (χ4v) is 3.81. The minimum Gasteiger partial charge on any atom is -0.872 e. The van der Waals surface area contributed by atoms with E-state index in [0.717, 1.165) is 0 Å². The molecule has 2 nitrogen and oxygen atoms in total. The number of fused-ring (bicyclic) bond motifs is 1. The lowest BCUT2D eigenvalue weighted by atomic mass is 9.74. The van der Waals surface area contributed by atoms with Gasteiger partial charge in [-0.2, -0.15) is 48.3 Å². The first-order chi connectivity index (χ1) is 16.9. The van der Waals surface area contributed by atoms with Gasteiger partial charge in [-0.1, -0.05) is 5.76 Å². The van der Waals surface area contributed by atoms with Crippen molar-refractivity contribution in [2.24, 2.45) is 5.41 Å². The minimum absolute atomic E-state index is 0.682. The average Bonchev–Trinajstić information content (AvgIpc) is 2.81. The van der Waals surface area contributed by atoms with Crippen LogP contribution in [0, 0.1) is 40.3 Å². The topological polar surface area (TPSA) is 40.1 Å². The lowest BCUT2D eigenvalue weighted by Crippen LogP contribution is -2.64. The molecule has 2 aromatic carbocycles. The number of hydrogen-bond acceptors (Lipinski definition) is 2. The molecule has 1 aliphatic carbocycles. The van der Waals surface area contributed by atoms with Crippen molar-refractivity contribution in [3.05, 3.63) is 52.6 Å². The maximum atomic E-state index is 14.6. The molecule has 19 heteroatoms. The molecule has 0 radical (unpaired) electrons. The number of benzene rings is 2. The van der Waals surface area contributed by atoms with E-state index in [-0.39, 0.29) is 0 Å². The van der Waals surface area contributed by atoms with Crippen LogP contribution in [0.1, 0.15) is 5.56 Å². The van der Waals surface area contributed by atoms with E-state index in [1.807, 2.05) is 0 Å². The van der Waals surface area contributed by atoms with Crippen molar-refractivity contribution in [2.75, 3.05) is 0 Å². The molecule has 0 saturated heterocycles. The molecule has 1 fully saturated rings. The molecule has 210 valence electrons. The lowest BCUT2D eigenvalue weighted by molar-refractivity contribution is -0.341. The highest BCUT2D eigenvalue weighted by Crippen LogP contribution is 2.75. The van der Waals surface area contributed by atoms with Crippen LogP contribution in [0.5, 0.6) is 0 Å². The number of rotatable bonds is 3. The Kier molecular flexibility index (Phi) is 6.07. The fourth-order valence-electron chi connectivity index (χ4n) is 3.81. The largest absolute Gasteiger partial charge is 0.872 e. The highest BCUT2D eigenvalue weighted by Gasteiger charge is 3.06. The van der Waals surface area contributed by atoms with Crippen molar-refractivity contribution in [1.29, 1.82) is 0 Å². The Balaban J connectivity index is 2.39. The lowest BCUT2D eigenvalue weighted by Gasteiger charge is -2.37. The normalized spacial score (nSPS) is 21.7. The third kappa shape index (κ3) is 3.00. The van der Waals surface area contributed by atoms with Crippen molar-refractivity contribution >= 4 is 22.3 Å². The van der Waals surface area contributed by atoms with Crippen LogP contribution >= 0.6 is 0 Å². The molecule has 0 amide bonds. The molecule has 0 atom stereocenters. The van der Waals surface area contributed by atoms with E-state index in [1.165, 1.54) is 0 Å². The molecule has 2 aromatic rings. The van der Waals surface area contributed by atoms with E-state index in [0.29, 0.717) is 0 Å². The number of allylic oxidation sites excluding steroid dienone is 1. The fraction of sp³-hybridized carbons (Fsp3) is 0.316. The number of carbonyl (C=O) groups excluding carboxylic acids is 1. The van der Waals surface area contributed by atoms with E-state index in [9.17, 15) is 84.5 Å². The van der Waals surface area contributed by atoms with Gasteiger partial charge in [-0.3, -0.25) is 4.79 Å². The summed E-state index contributed by atoms with van der Waals surface area (Å²) in [4.78, 5) is 12.0. The monoisotopic (exact) mass is 585 g/mol. The van der Waals surface area contributed by atoms with Gasteiger partial charge in [-0.15, -0.1) is 0 Å². The van der Waals surface area contributed by atoms with E-state index >= 15 is 0 Å². The van der Waals surface area contributed by atoms with Gasteiger partial charge in [0, 0.05) is 5.56 Å². The third-order valence-electron chi connectivity index (χ3n) is 5.68. The van der Waals surface area contributed by atoms with Gasteiger partial charge in [-0.05, 0) is 12.1 Å². The summed E-state index contributed by atoms with van der Waals surface area (Å²) < 4.78 is 234. The van der Waals surface area contributed by atoms with Gasteiger partial charge in [0.1, 0.15) is 11.6 Å². The first-order valence-corrected chi connectivity index (χ1v) is 9.03. The van der Waals surface area contributed by atoms with Gasteiger partial charge in [0.05, 0.1) is 10.8 Å². The zero-order valence-corrected chi connectivity index (χ0v) is 16.9. The maximum absolute atomic E-state index is 14.6. The molecular weight excluding hydrogens is 583 g/mol. The van der Waals surface area contributed by atoms with E-state index in [4.69, 9.17) is 0 Å². The first-order valence-electron chi connectivity index (χ1n) is 9.03. The van der Waals surface area contributed by atoms with Gasteiger partial charge in [-0.25, -0.2) is 26.3 Å². The van der Waals surface area contributed by atoms with Crippen molar-refractivity contribution in [1.82, 2.24) is 0 Å². The van der Waals surface area contributed by atoms with E-state index in [1.54, 1.807) is 0 Å². The third-order valence-corrected chi connectivity index (χ3v) is 5.68. The van der Waals surface area contributed by atoms with E-state index < -0.39 is 110 Å². The molecule has 1 aliphatic rings. The Bertz CT molecular complexity index is 1380. The highest BCUT2D eigenvalue weighted by molar-refractivity contribution is 6.03. The van der Waals surface area contributed by atoms with Crippen molar-refractivity contribution in [3.63, 3.8) is 0 Å². The predicted molar refractivity (Wildman–Crippen MR) is 85.0 cm³/mol. The Morgan fingerprint density at radius 2 is 1.05 bits per heavy atom. The molecule has 0 aliphatic heterocycles. The zero-order chi connectivity index (χ0) is 29.8. The van der Waals surface area contributed by atoms with Gasteiger partial charge < -0.3 is 5.11 Å². The Morgan fingerprint density at radius 1 is 0.658 bits per heavy atom. The Labute approximate surface area is 195 Å². The zero-order valence-electron chi connectivity index (χ0n) is 16.9. The van der Waals surface area contributed by atoms with Crippen molar-refractivity contribution in [3.8, 4) is 0 Å². The van der Waals surface area contributed by atoms with Crippen LogP contribution in [-0.2, 0) is 4.79 Å². The van der Waals surface area contributed by atoms with Gasteiger partial charge in [0.25, 0.3) is 5.41 Å². The molecule has 0 heterocycles. The summed E-state index contributed by atoms with van der Waals surface area (Å²) in [6.45, 7) is 0. The number of alkyl halides is 11. The summed E-state index contributed by atoms with van der Waals surface area (Å²) in [5.74, 6) is -53.9. The molecule has 0 aromatic heterocycles. The summed E-state index contributed by atoms with van der Waals surface area (Å²) in [6.07, 6.45) is -9.37. The minimum atomic E-state index is -7.69. The second-order valence-electron chi connectivity index (χ2n) is 7.64. The number of hydrogen-bond donors (Lipinski definition) is 0. The van der Waals surface area contributed by atoms with E-state index in [2.05, 4.69) is 0 Å². The summed E-state index contributed by atoms with van der Waals surface area (Å²) in [5, 5.41) is 7.71. The number of carbonyl (C=O) groups is 1. The average molecular weight is 585 g/mol. The predicted octanol–water partition coefficient (Wildman–Crippen LogP) is 6.05. The molecule has 0 spiro atoms. The molecule has 0 bridgehead atoms. The van der Waals surface area contributed by atoms with Gasteiger partial charge in [0.2, 0.25) is 0 Å². The Morgan fingerprint density at radius 3 is 1.45 bits per heavy atom. The number of ketones is 1. The smallest absolute Gasteiger partial charge is 0.414 e. The van der Waals surface area contributed by atoms with Crippen LogP contribution in [0.2, 0.25) is 0 Å². The highest BCUT2D eigenvalue weighted by atomic mass is 19.4. The summed E-state index contributed by atoms with van der Waals surface area (Å²) >= 11 is 0. The van der Waals surface area contributed by atoms with Crippen molar-refractivity contribution in [2.45, 2.75) is 29.9 Å². The van der Waals surface area contributed by atoms with Crippen LogP contribution in [0.3, 0.4) is 0 Å². The van der Waals surface area contributed by atoms with Crippen molar-refractivity contribution < 1.29 is 84.5 Å². The molecule has 0 unspecified atom stereocenters. The first kappa shape index (κ1) is 29.3. The molecule has 0 N–H and O–H groups in total.